The van der Waals surface area contributed by atoms with Crippen LogP contribution in [0.3, 0.4) is 0 Å². The number of hydrogen-bond acceptors (Lipinski definition) is 1. The lowest BCUT2D eigenvalue weighted by Crippen LogP contribution is -2.33. The van der Waals surface area contributed by atoms with Crippen LogP contribution in [0.4, 0.5) is 0 Å². The van der Waals surface area contributed by atoms with E-state index in [1.54, 1.807) is 0 Å². The van der Waals surface area contributed by atoms with Gasteiger partial charge in [0.15, 0.2) is 0 Å². The highest BCUT2D eigenvalue weighted by Crippen LogP contribution is 2.52. The molecule has 0 aliphatic carbocycles. The molecule has 0 saturated carbocycles. The molecule has 0 unspecified atom stereocenters. The van der Waals surface area contributed by atoms with Crippen molar-refractivity contribution in [2.45, 2.75) is 45.4 Å². The largest absolute Gasteiger partial charge is 0.455 e. The van der Waals surface area contributed by atoms with Crippen molar-refractivity contribution in [2.24, 2.45) is 0 Å². The number of para-hydroxylation sites is 1. The number of aryl methyl sites for hydroxylation is 1. The summed E-state index contributed by atoms with van der Waals surface area (Å²) in [7, 11) is -1.69. The molecule has 1 aliphatic rings. The van der Waals surface area contributed by atoms with Crippen LogP contribution in [0.25, 0.3) is 0 Å². The van der Waals surface area contributed by atoms with E-state index in [1.165, 1.54) is 61.4 Å². The Hall–Kier alpha value is -4.02. The molecule has 0 spiro atoms. The van der Waals surface area contributed by atoms with Crippen molar-refractivity contribution in [3.8, 4) is 11.5 Å². The monoisotopic (exact) mass is 634 g/mol. The highest BCUT2D eigenvalue weighted by Gasteiger charge is 2.39. The number of fused-ring (bicyclic) bond motifs is 2. The van der Waals surface area contributed by atoms with Crippen molar-refractivity contribution in [3.63, 3.8) is 0 Å². The lowest BCUT2D eigenvalue weighted by molar-refractivity contribution is 0.424. The average Bonchev–Trinajstić information content (AvgIpc) is 3.10. The van der Waals surface area contributed by atoms with Crippen molar-refractivity contribution in [2.75, 3.05) is 0 Å². The zero-order chi connectivity index (χ0) is 31.5. The first-order chi connectivity index (χ1) is 22.6. The summed E-state index contributed by atoms with van der Waals surface area (Å²) in [5, 5.41) is 7.93. The SMILES string of the molecule is CCCCc1cc(P(c2ccccc2)c2ccccc2)c2c(c1)C(C)(C)c1cccc(P(c3ccccc3)c3ccccc3)c1O2. The first-order valence-corrected chi connectivity index (χ1v) is 19.0. The van der Waals surface area contributed by atoms with Crippen LogP contribution < -0.4 is 36.6 Å². The molecule has 7 rings (SSSR count). The van der Waals surface area contributed by atoms with Gasteiger partial charge in [-0.05, 0) is 61.5 Å². The van der Waals surface area contributed by atoms with Gasteiger partial charge in [0.2, 0.25) is 0 Å². The maximum Gasteiger partial charge on any atom is 0.139 e. The van der Waals surface area contributed by atoms with Gasteiger partial charge in [0.25, 0.3) is 0 Å². The van der Waals surface area contributed by atoms with Gasteiger partial charge in [0.1, 0.15) is 11.5 Å². The van der Waals surface area contributed by atoms with Crippen molar-refractivity contribution in [1.29, 1.82) is 0 Å². The zero-order valence-corrected chi connectivity index (χ0v) is 28.6. The Labute approximate surface area is 276 Å². The lowest BCUT2D eigenvalue weighted by atomic mass is 9.75. The van der Waals surface area contributed by atoms with Crippen LogP contribution in [0.15, 0.2) is 152 Å². The molecular formula is C43H40OP2. The number of rotatable bonds is 9. The first-order valence-electron chi connectivity index (χ1n) is 16.4. The molecule has 0 radical (unpaired) electrons. The second-order valence-electron chi connectivity index (χ2n) is 12.5. The van der Waals surface area contributed by atoms with E-state index in [4.69, 9.17) is 4.74 Å². The predicted molar refractivity (Wildman–Crippen MR) is 201 cm³/mol. The average molecular weight is 635 g/mol. The Bertz CT molecular complexity index is 1840. The molecule has 6 aromatic carbocycles. The predicted octanol–water partition coefficient (Wildman–Crippen LogP) is 8.98. The minimum Gasteiger partial charge on any atom is -0.455 e. The fraction of sp³-hybridized carbons (Fsp3) is 0.163. The van der Waals surface area contributed by atoms with E-state index in [0.717, 1.165) is 17.9 Å². The van der Waals surface area contributed by atoms with Gasteiger partial charge in [-0.15, -0.1) is 0 Å². The molecule has 0 saturated heterocycles. The van der Waals surface area contributed by atoms with Crippen molar-refractivity contribution < 1.29 is 4.74 Å². The van der Waals surface area contributed by atoms with E-state index in [-0.39, 0.29) is 5.41 Å². The van der Waals surface area contributed by atoms with Crippen molar-refractivity contribution in [3.05, 3.63) is 168 Å². The third-order valence-electron chi connectivity index (χ3n) is 9.03. The summed E-state index contributed by atoms with van der Waals surface area (Å²) in [6.07, 6.45) is 3.42. The van der Waals surface area contributed by atoms with Gasteiger partial charge >= 0.3 is 0 Å². The van der Waals surface area contributed by atoms with Crippen LogP contribution in [-0.4, -0.2) is 0 Å². The molecule has 1 nitrogen and oxygen atoms in total. The minimum absolute atomic E-state index is 0.237. The minimum atomic E-state index is -0.855. The van der Waals surface area contributed by atoms with Crippen molar-refractivity contribution in [1.82, 2.24) is 0 Å². The van der Waals surface area contributed by atoms with Crippen LogP contribution in [0, 0.1) is 0 Å². The van der Waals surface area contributed by atoms with E-state index in [9.17, 15) is 0 Å². The van der Waals surface area contributed by atoms with Crippen LogP contribution in [0.1, 0.15) is 50.3 Å². The van der Waals surface area contributed by atoms with Crippen LogP contribution >= 0.6 is 15.8 Å². The van der Waals surface area contributed by atoms with Gasteiger partial charge in [0, 0.05) is 27.2 Å². The Morgan fingerprint density at radius 1 is 0.500 bits per heavy atom. The third kappa shape index (κ3) is 5.84. The quantitative estimate of drug-likeness (QED) is 0.144. The molecule has 6 aromatic rings. The number of benzene rings is 6. The Morgan fingerprint density at radius 3 is 1.43 bits per heavy atom. The molecule has 0 N–H and O–H groups in total. The second kappa shape index (κ2) is 13.4. The summed E-state index contributed by atoms with van der Waals surface area (Å²) in [4.78, 5) is 0. The summed E-state index contributed by atoms with van der Waals surface area (Å²) < 4.78 is 7.42. The van der Waals surface area contributed by atoms with E-state index in [0.29, 0.717) is 0 Å². The zero-order valence-electron chi connectivity index (χ0n) is 26.9. The summed E-state index contributed by atoms with van der Waals surface area (Å²) in [5.41, 5.74) is 3.73. The molecule has 228 valence electrons. The normalized spacial score (nSPS) is 13.2. The molecule has 0 amide bonds. The first kappa shape index (κ1) is 30.6. The van der Waals surface area contributed by atoms with Gasteiger partial charge < -0.3 is 4.74 Å². The van der Waals surface area contributed by atoms with Gasteiger partial charge in [-0.3, -0.25) is 0 Å². The van der Waals surface area contributed by atoms with Gasteiger partial charge in [-0.2, -0.15) is 0 Å². The summed E-state index contributed by atoms with van der Waals surface area (Å²) >= 11 is 0. The number of ether oxygens (including phenoxy) is 1. The molecule has 1 aliphatic heterocycles. The standard InChI is InChI=1S/C43H40OP2/c1-4-5-19-32-30-38-42(40(31-32)46(35-24-14-8-15-25-35)36-26-16-9-17-27-36)44-41-37(43(38,2)3)28-18-29-39(41)45(33-20-10-6-11-21-33)34-22-12-7-13-23-34/h6-18,20-31H,4-5,19H2,1-3H3. The molecular weight excluding hydrogens is 594 g/mol. The fourth-order valence-electron chi connectivity index (χ4n) is 6.64. The topological polar surface area (TPSA) is 9.23 Å². The molecule has 0 bridgehead atoms. The highest BCUT2D eigenvalue weighted by atomic mass is 31.1. The van der Waals surface area contributed by atoms with Gasteiger partial charge in [-0.25, -0.2) is 0 Å². The van der Waals surface area contributed by atoms with Gasteiger partial charge in [0.05, 0.1) is 0 Å². The molecule has 0 fully saturated rings. The molecule has 3 heteroatoms. The fourth-order valence-corrected chi connectivity index (χ4v) is 11.5. The van der Waals surface area contributed by atoms with E-state index < -0.39 is 15.8 Å². The maximum absolute atomic E-state index is 7.42. The summed E-state index contributed by atoms with van der Waals surface area (Å²) in [6.45, 7) is 7.07. The van der Waals surface area contributed by atoms with Gasteiger partial charge in [-0.1, -0.05) is 173 Å². The Kier molecular flexibility index (Phi) is 8.90. The summed E-state index contributed by atoms with van der Waals surface area (Å²) in [5.74, 6) is 2.07. The number of unbranched alkanes of at least 4 members (excludes halogenated alkanes) is 1. The number of hydrogen-bond donors (Lipinski definition) is 0. The molecule has 1 heterocycles. The van der Waals surface area contributed by atoms with Crippen LogP contribution in [0.5, 0.6) is 11.5 Å². The van der Waals surface area contributed by atoms with Crippen molar-refractivity contribution >= 4 is 47.7 Å². The highest BCUT2D eigenvalue weighted by molar-refractivity contribution is 7.80. The molecule has 0 aromatic heterocycles. The molecule has 46 heavy (non-hydrogen) atoms. The smallest absolute Gasteiger partial charge is 0.139 e. The Balaban J connectivity index is 1.48. The van der Waals surface area contributed by atoms with E-state index in [2.05, 4.69) is 172 Å². The molecule has 0 atom stereocenters. The van der Waals surface area contributed by atoms with E-state index >= 15 is 0 Å². The van der Waals surface area contributed by atoms with E-state index in [1.807, 2.05) is 0 Å². The van der Waals surface area contributed by atoms with Crippen LogP contribution in [-0.2, 0) is 11.8 Å². The van der Waals surface area contributed by atoms with Crippen LogP contribution in [0.2, 0.25) is 0 Å². The second-order valence-corrected chi connectivity index (χ2v) is 16.9. The Morgan fingerprint density at radius 2 is 0.957 bits per heavy atom. The lowest BCUT2D eigenvalue weighted by Gasteiger charge is -2.39. The third-order valence-corrected chi connectivity index (χ3v) is 13.9. The maximum atomic E-state index is 7.42. The summed E-state index contributed by atoms with van der Waals surface area (Å²) in [6, 6.07) is 55.8.